The van der Waals surface area contributed by atoms with E-state index in [1.54, 1.807) is 11.6 Å². The van der Waals surface area contributed by atoms with Gasteiger partial charge in [-0.3, -0.25) is 9.59 Å². The van der Waals surface area contributed by atoms with Crippen molar-refractivity contribution < 1.29 is 9.53 Å². The molecule has 0 atom stereocenters. The van der Waals surface area contributed by atoms with Crippen LogP contribution in [0.15, 0.2) is 17.1 Å². The van der Waals surface area contributed by atoms with Crippen molar-refractivity contribution in [1.29, 1.82) is 0 Å². The lowest BCUT2D eigenvalue weighted by Crippen LogP contribution is -2.23. The molecule has 82 valence electrons. The largest absolute Gasteiger partial charge is 0.478 e. The minimum absolute atomic E-state index is 0.0881. The fraction of sp³-hybridized carbons (Fsp3) is 0.333. The fourth-order valence-electron chi connectivity index (χ4n) is 1.04. The lowest BCUT2D eigenvalue weighted by molar-refractivity contribution is -0.119. The number of carbonyl (C=O) groups is 1. The van der Waals surface area contributed by atoms with Gasteiger partial charge in [-0.25, -0.2) is 0 Å². The van der Waals surface area contributed by atoms with E-state index in [9.17, 15) is 9.59 Å². The second-order valence-electron chi connectivity index (χ2n) is 2.99. The normalized spacial score (nSPS) is 10.0. The highest BCUT2D eigenvalue weighted by atomic mass is 35.5. The summed E-state index contributed by atoms with van der Waals surface area (Å²) in [5, 5.41) is 0. The summed E-state index contributed by atoms with van der Waals surface area (Å²) in [6.07, 6.45) is 1.48. The Kier molecular flexibility index (Phi) is 3.74. The highest BCUT2D eigenvalue weighted by Gasteiger charge is 2.05. The van der Waals surface area contributed by atoms with Crippen molar-refractivity contribution in [3.8, 4) is 5.75 Å². The van der Waals surface area contributed by atoms with Crippen LogP contribution in [-0.2, 0) is 17.7 Å². The van der Waals surface area contributed by atoms with Gasteiger partial charge in [-0.05, 0) is 0 Å². The molecule has 0 aliphatic carbocycles. The number of nitrogens with zero attached hydrogens (tertiary/aromatic N) is 1. The van der Waals surface area contributed by atoms with Gasteiger partial charge in [0.05, 0.1) is 12.1 Å². The molecule has 1 aromatic rings. The van der Waals surface area contributed by atoms with E-state index in [1.807, 2.05) is 0 Å². The number of pyridine rings is 1. The average molecular weight is 231 g/mol. The van der Waals surface area contributed by atoms with E-state index in [0.717, 1.165) is 0 Å². The number of amides is 1. The first-order valence-corrected chi connectivity index (χ1v) is 4.74. The number of hydrogen-bond acceptors (Lipinski definition) is 3. The van der Waals surface area contributed by atoms with Crippen molar-refractivity contribution >= 4 is 17.5 Å². The number of carbonyl (C=O) groups excluding carboxylic acids is 1. The Morgan fingerprint density at radius 2 is 2.33 bits per heavy atom. The monoisotopic (exact) mass is 230 g/mol. The molecule has 0 unspecified atom stereocenters. The molecule has 2 N–H and O–H groups in total. The topological polar surface area (TPSA) is 74.3 Å². The fourth-order valence-corrected chi connectivity index (χ4v) is 1.30. The zero-order valence-electron chi connectivity index (χ0n) is 8.20. The summed E-state index contributed by atoms with van der Waals surface area (Å²) in [6.45, 7) is -0.310. The molecule has 0 saturated heterocycles. The maximum absolute atomic E-state index is 11.4. The van der Waals surface area contributed by atoms with Crippen LogP contribution in [0.3, 0.4) is 0 Å². The van der Waals surface area contributed by atoms with Gasteiger partial charge in [0.15, 0.2) is 12.4 Å². The van der Waals surface area contributed by atoms with Crippen LogP contribution >= 0.6 is 11.6 Å². The van der Waals surface area contributed by atoms with Crippen molar-refractivity contribution in [2.75, 3.05) is 6.61 Å². The number of primary amides is 1. The molecule has 15 heavy (non-hydrogen) atoms. The van der Waals surface area contributed by atoms with E-state index in [-0.39, 0.29) is 23.7 Å². The number of rotatable bonds is 4. The van der Waals surface area contributed by atoms with E-state index in [1.165, 1.54) is 12.3 Å². The highest BCUT2D eigenvalue weighted by molar-refractivity contribution is 6.16. The number of ether oxygens (including phenoxy) is 1. The lowest BCUT2D eigenvalue weighted by atomic mass is 10.3. The molecule has 1 rings (SSSR count). The Balaban J connectivity index is 2.95. The van der Waals surface area contributed by atoms with E-state index in [0.29, 0.717) is 5.69 Å². The maximum Gasteiger partial charge on any atom is 0.255 e. The van der Waals surface area contributed by atoms with Crippen LogP contribution in [0.5, 0.6) is 5.75 Å². The van der Waals surface area contributed by atoms with Crippen LogP contribution < -0.4 is 15.9 Å². The smallest absolute Gasteiger partial charge is 0.255 e. The van der Waals surface area contributed by atoms with Crippen LogP contribution in [0.25, 0.3) is 0 Å². The molecule has 0 bridgehead atoms. The van der Waals surface area contributed by atoms with Gasteiger partial charge in [-0.1, -0.05) is 0 Å². The van der Waals surface area contributed by atoms with E-state index in [2.05, 4.69) is 0 Å². The molecule has 1 amide bonds. The summed E-state index contributed by atoms with van der Waals surface area (Å²) in [4.78, 5) is 21.9. The van der Waals surface area contributed by atoms with Crippen LogP contribution in [0.4, 0.5) is 0 Å². The molecule has 0 fully saturated rings. The van der Waals surface area contributed by atoms with Gasteiger partial charge in [0.25, 0.3) is 5.91 Å². The number of hydrogen-bond donors (Lipinski definition) is 1. The van der Waals surface area contributed by atoms with E-state index < -0.39 is 5.91 Å². The second kappa shape index (κ2) is 4.84. The van der Waals surface area contributed by atoms with Crippen LogP contribution in [0.2, 0.25) is 0 Å². The van der Waals surface area contributed by atoms with Crippen LogP contribution in [0, 0.1) is 0 Å². The third-order valence-corrected chi connectivity index (χ3v) is 2.09. The Morgan fingerprint density at radius 3 is 2.87 bits per heavy atom. The van der Waals surface area contributed by atoms with Crippen molar-refractivity contribution in [3.05, 3.63) is 28.2 Å². The second-order valence-corrected chi connectivity index (χ2v) is 3.26. The summed E-state index contributed by atoms with van der Waals surface area (Å²) >= 11 is 5.61. The van der Waals surface area contributed by atoms with Crippen molar-refractivity contribution in [3.63, 3.8) is 0 Å². The minimum atomic E-state index is -0.626. The van der Waals surface area contributed by atoms with E-state index >= 15 is 0 Å². The molecule has 6 heteroatoms. The quantitative estimate of drug-likeness (QED) is 0.740. The highest BCUT2D eigenvalue weighted by Crippen LogP contribution is 2.07. The third-order valence-electron chi connectivity index (χ3n) is 1.81. The van der Waals surface area contributed by atoms with Crippen molar-refractivity contribution in [1.82, 2.24) is 4.57 Å². The Bertz CT molecular complexity index is 428. The number of aryl methyl sites for hydroxylation is 1. The minimum Gasteiger partial charge on any atom is -0.478 e. The number of halogens is 1. The predicted molar refractivity (Wildman–Crippen MR) is 55.9 cm³/mol. The zero-order valence-corrected chi connectivity index (χ0v) is 8.95. The molecule has 1 heterocycles. The van der Waals surface area contributed by atoms with Gasteiger partial charge in [-0.15, -0.1) is 11.6 Å². The molecule has 0 aliphatic rings. The molecule has 0 saturated carbocycles. The Morgan fingerprint density at radius 1 is 1.67 bits per heavy atom. The SMILES string of the molecule is Cn1cc(OCC(N)=O)c(=O)cc1CCl. The number of nitrogens with two attached hydrogens (primary N) is 1. The summed E-state index contributed by atoms with van der Waals surface area (Å²) in [5.41, 5.74) is 5.25. The van der Waals surface area contributed by atoms with Gasteiger partial charge >= 0.3 is 0 Å². The summed E-state index contributed by atoms with van der Waals surface area (Å²) < 4.78 is 6.59. The first-order valence-electron chi connectivity index (χ1n) is 4.21. The maximum atomic E-state index is 11.4. The molecule has 0 radical (unpaired) electrons. The molecule has 1 aromatic heterocycles. The standard InChI is InChI=1S/C9H11ClN2O3/c1-12-4-8(15-5-9(11)14)7(13)2-6(12)3-10/h2,4H,3,5H2,1H3,(H2,11,14). The van der Waals surface area contributed by atoms with Crippen molar-refractivity contribution in [2.45, 2.75) is 5.88 Å². The van der Waals surface area contributed by atoms with Gasteiger partial charge < -0.3 is 15.0 Å². The van der Waals surface area contributed by atoms with Gasteiger partial charge in [-0.2, -0.15) is 0 Å². The van der Waals surface area contributed by atoms with Crippen molar-refractivity contribution in [2.24, 2.45) is 12.8 Å². The van der Waals surface area contributed by atoms with Gasteiger partial charge in [0, 0.05) is 18.8 Å². The summed E-state index contributed by atoms with van der Waals surface area (Å²) in [5.74, 6) is -0.300. The molecular formula is C9H11ClN2O3. The van der Waals surface area contributed by atoms with Gasteiger partial charge in [0.2, 0.25) is 5.43 Å². The van der Waals surface area contributed by atoms with Crippen LogP contribution in [0.1, 0.15) is 5.69 Å². The molecule has 0 aromatic carbocycles. The van der Waals surface area contributed by atoms with Crippen LogP contribution in [-0.4, -0.2) is 17.1 Å². The average Bonchev–Trinajstić information content (AvgIpc) is 2.18. The molecular weight excluding hydrogens is 220 g/mol. The number of aromatic nitrogens is 1. The predicted octanol–water partition coefficient (Wildman–Crippen LogP) is -0.0118. The zero-order chi connectivity index (χ0) is 11.4. The Hall–Kier alpha value is -1.49. The molecule has 0 aliphatic heterocycles. The first kappa shape index (κ1) is 11.6. The van der Waals surface area contributed by atoms with E-state index in [4.69, 9.17) is 22.1 Å². The summed E-state index contributed by atoms with van der Waals surface area (Å²) in [7, 11) is 1.73. The number of alkyl halides is 1. The lowest BCUT2D eigenvalue weighted by Gasteiger charge is -2.08. The third kappa shape index (κ3) is 2.99. The first-order chi connectivity index (χ1) is 7.04. The Labute approximate surface area is 91.4 Å². The summed E-state index contributed by atoms with van der Waals surface area (Å²) in [6, 6.07) is 1.36. The molecule has 0 spiro atoms. The molecule has 5 nitrogen and oxygen atoms in total. The van der Waals surface area contributed by atoms with Gasteiger partial charge in [0.1, 0.15) is 0 Å².